The van der Waals surface area contributed by atoms with Gasteiger partial charge in [-0.1, -0.05) is 25.6 Å². The van der Waals surface area contributed by atoms with Gasteiger partial charge in [0.1, 0.15) is 13.6 Å². The van der Waals surface area contributed by atoms with Crippen molar-refractivity contribution in [1.29, 1.82) is 0 Å². The third-order valence-electron chi connectivity index (χ3n) is 2.27. The van der Waals surface area contributed by atoms with E-state index in [4.69, 9.17) is 0 Å². The van der Waals surface area contributed by atoms with E-state index in [1.165, 1.54) is 0 Å². The molecule has 96 valence electrons. The SMILES string of the molecule is CN(C)c1ccc(C#C[Si](C)(C)C)c([N+](=O)[O-])c1. The normalized spacial score (nSPS) is 10.5. The number of benzene rings is 1. The quantitative estimate of drug-likeness (QED) is 0.356. The van der Waals surface area contributed by atoms with Gasteiger partial charge >= 0.3 is 0 Å². The summed E-state index contributed by atoms with van der Waals surface area (Å²) >= 11 is 0. The summed E-state index contributed by atoms with van der Waals surface area (Å²) in [6.07, 6.45) is 0. The zero-order chi connectivity index (χ0) is 13.9. The van der Waals surface area contributed by atoms with Crippen molar-refractivity contribution in [2.24, 2.45) is 0 Å². The molecule has 0 aliphatic rings. The van der Waals surface area contributed by atoms with E-state index >= 15 is 0 Å². The minimum Gasteiger partial charge on any atom is -0.377 e. The van der Waals surface area contributed by atoms with Gasteiger partial charge in [0, 0.05) is 25.8 Å². The zero-order valence-electron chi connectivity index (χ0n) is 11.4. The Morgan fingerprint density at radius 1 is 1.28 bits per heavy atom. The first-order valence-electron chi connectivity index (χ1n) is 5.69. The molecule has 0 aromatic heterocycles. The monoisotopic (exact) mass is 262 g/mol. The molecule has 0 aliphatic carbocycles. The minimum atomic E-state index is -1.53. The minimum absolute atomic E-state index is 0.0759. The molecule has 0 radical (unpaired) electrons. The van der Waals surface area contributed by atoms with Gasteiger partial charge in [0.05, 0.1) is 4.92 Å². The Labute approximate surface area is 109 Å². The summed E-state index contributed by atoms with van der Waals surface area (Å²) in [6, 6.07) is 5.13. The lowest BCUT2D eigenvalue weighted by Crippen LogP contribution is -2.16. The van der Waals surface area contributed by atoms with Crippen LogP contribution in [0.4, 0.5) is 11.4 Å². The molecule has 1 aromatic rings. The molecule has 0 unspecified atom stereocenters. The molecule has 0 N–H and O–H groups in total. The van der Waals surface area contributed by atoms with Gasteiger partial charge < -0.3 is 4.90 Å². The molecule has 1 aromatic carbocycles. The summed E-state index contributed by atoms with van der Waals surface area (Å²) in [4.78, 5) is 12.5. The molecule has 0 aliphatic heterocycles. The second-order valence-corrected chi connectivity index (χ2v) is 10.1. The van der Waals surface area contributed by atoms with Crippen molar-refractivity contribution in [2.45, 2.75) is 19.6 Å². The van der Waals surface area contributed by atoms with E-state index < -0.39 is 8.07 Å². The number of hydrogen-bond donors (Lipinski definition) is 0. The zero-order valence-corrected chi connectivity index (χ0v) is 12.4. The molecule has 0 amide bonds. The van der Waals surface area contributed by atoms with Crippen molar-refractivity contribution >= 4 is 19.4 Å². The van der Waals surface area contributed by atoms with Crippen LogP contribution in [0, 0.1) is 21.6 Å². The van der Waals surface area contributed by atoms with Gasteiger partial charge in [0.15, 0.2) is 0 Å². The number of nitrogens with zero attached hydrogens (tertiary/aromatic N) is 2. The highest BCUT2D eigenvalue weighted by atomic mass is 28.3. The molecule has 0 heterocycles. The lowest BCUT2D eigenvalue weighted by molar-refractivity contribution is -0.385. The summed E-state index contributed by atoms with van der Waals surface area (Å²) in [7, 11) is 2.18. The highest BCUT2D eigenvalue weighted by Gasteiger charge is 2.15. The van der Waals surface area contributed by atoms with Gasteiger partial charge in [0.25, 0.3) is 5.69 Å². The highest BCUT2D eigenvalue weighted by molar-refractivity contribution is 6.83. The summed E-state index contributed by atoms with van der Waals surface area (Å²) < 4.78 is 0. The molecule has 0 spiro atoms. The van der Waals surface area contributed by atoms with Gasteiger partial charge in [-0.05, 0) is 12.1 Å². The van der Waals surface area contributed by atoms with Crippen molar-refractivity contribution in [3.8, 4) is 11.5 Å². The molecule has 0 saturated heterocycles. The Hall–Kier alpha value is -1.80. The van der Waals surface area contributed by atoms with Gasteiger partial charge in [0.2, 0.25) is 0 Å². The fraction of sp³-hybridized carbons (Fsp3) is 0.385. The van der Waals surface area contributed by atoms with E-state index in [0.29, 0.717) is 5.56 Å². The fourth-order valence-electron chi connectivity index (χ4n) is 1.31. The first-order valence-corrected chi connectivity index (χ1v) is 9.19. The molecule has 5 heteroatoms. The maximum atomic E-state index is 11.1. The second-order valence-electron chi connectivity index (χ2n) is 5.35. The summed E-state index contributed by atoms with van der Waals surface area (Å²) in [5.74, 6) is 2.95. The lowest BCUT2D eigenvalue weighted by Gasteiger charge is -2.12. The number of rotatable bonds is 2. The van der Waals surface area contributed by atoms with Crippen LogP contribution in [0.5, 0.6) is 0 Å². The first-order chi connectivity index (χ1) is 8.20. The van der Waals surface area contributed by atoms with E-state index in [1.807, 2.05) is 25.1 Å². The van der Waals surface area contributed by atoms with Crippen molar-refractivity contribution < 1.29 is 4.92 Å². The van der Waals surface area contributed by atoms with Crippen molar-refractivity contribution in [3.63, 3.8) is 0 Å². The Morgan fingerprint density at radius 3 is 2.33 bits per heavy atom. The third kappa shape index (κ3) is 3.89. The average Bonchev–Trinajstić information content (AvgIpc) is 2.24. The number of nitro groups is 1. The Morgan fingerprint density at radius 2 is 1.89 bits per heavy atom. The van der Waals surface area contributed by atoms with Crippen LogP contribution in [0.3, 0.4) is 0 Å². The highest BCUT2D eigenvalue weighted by Crippen LogP contribution is 2.24. The molecule has 18 heavy (non-hydrogen) atoms. The third-order valence-corrected chi connectivity index (χ3v) is 3.14. The molecule has 0 saturated carbocycles. The van der Waals surface area contributed by atoms with Gasteiger partial charge in [-0.25, -0.2) is 0 Å². The van der Waals surface area contributed by atoms with Crippen LogP contribution in [0.25, 0.3) is 0 Å². The molecular formula is C13H18N2O2Si. The predicted octanol–water partition coefficient (Wildman–Crippen LogP) is 2.89. The molecule has 0 fully saturated rings. The van der Waals surface area contributed by atoms with Crippen molar-refractivity contribution in [1.82, 2.24) is 0 Å². The summed E-state index contributed by atoms with van der Waals surface area (Å²) in [5, 5.41) is 11.1. The second kappa shape index (κ2) is 5.23. The number of nitro benzene ring substituents is 1. The lowest BCUT2D eigenvalue weighted by atomic mass is 10.1. The van der Waals surface area contributed by atoms with Crippen LogP contribution in [-0.4, -0.2) is 27.1 Å². The first kappa shape index (κ1) is 14.3. The fourth-order valence-corrected chi connectivity index (χ4v) is 1.82. The van der Waals surface area contributed by atoms with E-state index in [9.17, 15) is 10.1 Å². The Kier molecular flexibility index (Phi) is 4.14. The van der Waals surface area contributed by atoms with Crippen LogP contribution < -0.4 is 4.90 Å². The van der Waals surface area contributed by atoms with Crippen LogP contribution in [-0.2, 0) is 0 Å². The standard InChI is InChI=1S/C13H18N2O2Si/c1-14(2)12-7-6-11(8-9-18(3,4)5)13(10-12)15(16)17/h6-7,10H,1-5H3. The maximum Gasteiger partial charge on any atom is 0.286 e. The van der Waals surface area contributed by atoms with Gasteiger partial charge in [-0.15, -0.1) is 5.54 Å². The van der Waals surface area contributed by atoms with Gasteiger partial charge in [-0.2, -0.15) is 0 Å². The summed E-state index contributed by atoms with van der Waals surface area (Å²) in [5.41, 5.74) is 4.53. The Bertz CT molecular complexity index is 522. The van der Waals surface area contributed by atoms with E-state index in [2.05, 4.69) is 31.1 Å². The van der Waals surface area contributed by atoms with E-state index in [-0.39, 0.29) is 10.6 Å². The molecule has 0 bridgehead atoms. The van der Waals surface area contributed by atoms with Crippen LogP contribution in [0.2, 0.25) is 19.6 Å². The molecule has 1 rings (SSSR count). The predicted molar refractivity (Wildman–Crippen MR) is 77.6 cm³/mol. The number of anilines is 1. The summed E-state index contributed by atoms with van der Waals surface area (Å²) in [6.45, 7) is 6.33. The van der Waals surface area contributed by atoms with Crippen molar-refractivity contribution in [3.05, 3.63) is 33.9 Å². The van der Waals surface area contributed by atoms with Crippen LogP contribution >= 0.6 is 0 Å². The van der Waals surface area contributed by atoms with Crippen LogP contribution in [0.15, 0.2) is 18.2 Å². The van der Waals surface area contributed by atoms with Gasteiger partial charge in [-0.3, -0.25) is 10.1 Å². The molecular weight excluding hydrogens is 244 g/mol. The maximum absolute atomic E-state index is 11.1. The Balaban J connectivity index is 3.27. The van der Waals surface area contributed by atoms with Crippen LogP contribution in [0.1, 0.15) is 5.56 Å². The molecule has 4 nitrogen and oxygen atoms in total. The number of hydrogen-bond acceptors (Lipinski definition) is 3. The van der Waals surface area contributed by atoms with E-state index in [0.717, 1.165) is 5.69 Å². The average molecular weight is 262 g/mol. The topological polar surface area (TPSA) is 46.4 Å². The van der Waals surface area contributed by atoms with E-state index in [1.54, 1.807) is 12.1 Å². The smallest absolute Gasteiger partial charge is 0.286 e. The molecule has 0 atom stereocenters. The largest absolute Gasteiger partial charge is 0.377 e. The van der Waals surface area contributed by atoms with Crippen molar-refractivity contribution in [2.75, 3.05) is 19.0 Å².